The third-order valence-electron chi connectivity index (χ3n) is 3.81. The van der Waals surface area contributed by atoms with Crippen molar-refractivity contribution in [3.63, 3.8) is 0 Å². The molecule has 1 atom stereocenters. The van der Waals surface area contributed by atoms with Crippen LogP contribution in [0.5, 0.6) is 0 Å². The molecule has 0 amide bonds. The summed E-state index contributed by atoms with van der Waals surface area (Å²) in [6.45, 7) is 5.49. The number of fused-ring (bicyclic) bond motifs is 1. The molecule has 0 aliphatic rings. The van der Waals surface area contributed by atoms with E-state index in [0.717, 1.165) is 12.1 Å². The van der Waals surface area contributed by atoms with Crippen molar-refractivity contribution in [1.82, 2.24) is 10.3 Å². The van der Waals surface area contributed by atoms with E-state index < -0.39 is 0 Å². The van der Waals surface area contributed by atoms with E-state index in [1.807, 2.05) is 12.3 Å². The van der Waals surface area contributed by atoms with Crippen LogP contribution in [0, 0.1) is 0 Å². The van der Waals surface area contributed by atoms with Crippen molar-refractivity contribution in [2.45, 2.75) is 58.5 Å². The first-order valence-corrected chi connectivity index (χ1v) is 7.90. The first kappa shape index (κ1) is 15.0. The molecule has 2 aromatic rings. The smallest absolute Gasteiger partial charge is 0.0702 e. The van der Waals surface area contributed by atoms with Crippen LogP contribution in [-0.4, -0.2) is 11.0 Å². The minimum atomic E-state index is 0.657. The highest BCUT2D eigenvalue weighted by atomic mass is 14.9. The topological polar surface area (TPSA) is 24.9 Å². The van der Waals surface area contributed by atoms with Gasteiger partial charge in [0.05, 0.1) is 5.52 Å². The number of hydrogen-bond donors (Lipinski definition) is 1. The van der Waals surface area contributed by atoms with E-state index in [1.165, 1.54) is 43.1 Å². The van der Waals surface area contributed by atoms with Gasteiger partial charge in [-0.15, -0.1) is 0 Å². The van der Waals surface area contributed by atoms with Gasteiger partial charge in [0.15, 0.2) is 0 Å². The number of nitrogens with one attached hydrogen (secondary N) is 1. The van der Waals surface area contributed by atoms with Gasteiger partial charge in [-0.1, -0.05) is 45.2 Å². The van der Waals surface area contributed by atoms with E-state index in [9.17, 15) is 0 Å². The molecule has 1 aromatic carbocycles. The Hall–Kier alpha value is -1.41. The monoisotopic (exact) mass is 270 g/mol. The average molecular weight is 270 g/mol. The van der Waals surface area contributed by atoms with Crippen LogP contribution in [0.1, 0.15) is 51.5 Å². The molecular weight excluding hydrogens is 244 g/mol. The number of hydrogen-bond acceptors (Lipinski definition) is 2. The van der Waals surface area contributed by atoms with Gasteiger partial charge in [0, 0.05) is 24.2 Å². The molecule has 2 nitrogen and oxygen atoms in total. The van der Waals surface area contributed by atoms with Gasteiger partial charge in [0.25, 0.3) is 0 Å². The van der Waals surface area contributed by atoms with Crippen LogP contribution in [-0.2, 0) is 6.54 Å². The first-order chi connectivity index (χ1) is 9.83. The molecule has 0 saturated carbocycles. The van der Waals surface area contributed by atoms with Crippen molar-refractivity contribution in [3.05, 3.63) is 42.1 Å². The number of rotatable bonds is 8. The standard InChI is InChI=1S/C18H26N2/c1-3-5-9-17(7-4-2)20-14-15-10-11-18-16(13-15)8-6-12-19-18/h6,8,10-13,17,20H,3-5,7,9,14H2,1-2H3. The van der Waals surface area contributed by atoms with E-state index in [2.05, 4.69) is 48.4 Å². The van der Waals surface area contributed by atoms with Crippen molar-refractivity contribution < 1.29 is 0 Å². The third-order valence-corrected chi connectivity index (χ3v) is 3.81. The number of benzene rings is 1. The van der Waals surface area contributed by atoms with Crippen LogP contribution in [0.4, 0.5) is 0 Å². The summed E-state index contributed by atoms with van der Waals surface area (Å²) in [4.78, 5) is 4.37. The Labute approximate surface area is 122 Å². The number of nitrogens with zero attached hydrogens (tertiary/aromatic N) is 1. The van der Waals surface area contributed by atoms with Crippen molar-refractivity contribution >= 4 is 10.9 Å². The summed E-state index contributed by atoms with van der Waals surface area (Å²) in [5.41, 5.74) is 2.43. The van der Waals surface area contributed by atoms with Crippen LogP contribution >= 0.6 is 0 Å². The Kier molecular flexibility index (Phi) is 6.00. The van der Waals surface area contributed by atoms with E-state index in [4.69, 9.17) is 0 Å². The summed E-state index contributed by atoms with van der Waals surface area (Å²) in [5.74, 6) is 0. The Morgan fingerprint density at radius 2 is 2.00 bits per heavy atom. The Bertz CT molecular complexity index is 522. The van der Waals surface area contributed by atoms with Gasteiger partial charge >= 0.3 is 0 Å². The fourth-order valence-electron chi connectivity index (χ4n) is 2.64. The molecule has 1 unspecified atom stereocenters. The zero-order chi connectivity index (χ0) is 14.2. The number of pyridine rings is 1. The van der Waals surface area contributed by atoms with E-state index >= 15 is 0 Å². The molecule has 0 bridgehead atoms. The second kappa shape index (κ2) is 8.01. The minimum Gasteiger partial charge on any atom is -0.310 e. The maximum atomic E-state index is 4.37. The molecule has 0 fully saturated rings. The fourth-order valence-corrected chi connectivity index (χ4v) is 2.64. The summed E-state index contributed by atoms with van der Waals surface area (Å²) in [6, 6.07) is 11.3. The highest BCUT2D eigenvalue weighted by molar-refractivity contribution is 5.78. The molecule has 0 saturated heterocycles. The predicted octanol–water partition coefficient (Wildman–Crippen LogP) is 4.68. The molecule has 20 heavy (non-hydrogen) atoms. The summed E-state index contributed by atoms with van der Waals surface area (Å²) in [6.07, 6.45) is 8.27. The molecule has 2 heteroatoms. The maximum Gasteiger partial charge on any atom is 0.0702 e. The van der Waals surface area contributed by atoms with Gasteiger partial charge in [-0.25, -0.2) is 0 Å². The van der Waals surface area contributed by atoms with Crippen molar-refractivity contribution in [1.29, 1.82) is 0 Å². The van der Waals surface area contributed by atoms with Crippen molar-refractivity contribution in [3.8, 4) is 0 Å². The van der Waals surface area contributed by atoms with Gasteiger partial charge in [-0.05, 0) is 36.6 Å². The molecule has 1 heterocycles. The quantitative estimate of drug-likeness (QED) is 0.753. The minimum absolute atomic E-state index is 0.657. The lowest BCUT2D eigenvalue weighted by molar-refractivity contribution is 0.434. The van der Waals surface area contributed by atoms with E-state index in [1.54, 1.807) is 0 Å². The summed E-state index contributed by atoms with van der Waals surface area (Å²) in [7, 11) is 0. The number of aromatic nitrogens is 1. The molecule has 0 aliphatic heterocycles. The molecule has 108 valence electrons. The van der Waals surface area contributed by atoms with Crippen molar-refractivity contribution in [2.24, 2.45) is 0 Å². The summed E-state index contributed by atoms with van der Waals surface area (Å²) >= 11 is 0. The SMILES string of the molecule is CCCCC(CCC)NCc1ccc2ncccc2c1. The van der Waals surface area contributed by atoms with Crippen LogP contribution in [0.3, 0.4) is 0 Å². The fraction of sp³-hybridized carbons (Fsp3) is 0.500. The van der Waals surface area contributed by atoms with Gasteiger partial charge < -0.3 is 5.32 Å². The van der Waals surface area contributed by atoms with E-state index in [-0.39, 0.29) is 0 Å². The highest BCUT2D eigenvalue weighted by Gasteiger charge is 2.06. The van der Waals surface area contributed by atoms with Crippen LogP contribution < -0.4 is 5.32 Å². The van der Waals surface area contributed by atoms with E-state index in [0.29, 0.717) is 6.04 Å². The first-order valence-electron chi connectivity index (χ1n) is 7.90. The van der Waals surface area contributed by atoms with Crippen LogP contribution in [0.15, 0.2) is 36.5 Å². The van der Waals surface area contributed by atoms with Crippen LogP contribution in [0.2, 0.25) is 0 Å². The van der Waals surface area contributed by atoms with Gasteiger partial charge in [-0.3, -0.25) is 4.98 Å². The highest BCUT2D eigenvalue weighted by Crippen LogP contribution is 2.14. The van der Waals surface area contributed by atoms with Crippen LogP contribution in [0.25, 0.3) is 10.9 Å². The second-order valence-corrected chi connectivity index (χ2v) is 5.54. The molecular formula is C18H26N2. The predicted molar refractivity (Wildman–Crippen MR) is 86.8 cm³/mol. The molecule has 0 radical (unpaired) electrons. The molecule has 0 spiro atoms. The Morgan fingerprint density at radius 3 is 2.80 bits per heavy atom. The lowest BCUT2D eigenvalue weighted by atomic mass is 10.0. The lowest BCUT2D eigenvalue weighted by Crippen LogP contribution is -2.28. The van der Waals surface area contributed by atoms with Gasteiger partial charge in [0.2, 0.25) is 0 Å². The molecule has 2 rings (SSSR count). The normalized spacial score (nSPS) is 12.7. The maximum absolute atomic E-state index is 4.37. The zero-order valence-electron chi connectivity index (χ0n) is 12.7. The zero-order valence-corrected chi connectivity index (χ0v) is 12.7. The Morgan fingerprint density at radius 1 is 1.10 bits per heavy atom. The summed E-state index contributed by atoms with van der Waals surface area (Å²) < 4.78 is 0. The van der Waals surface area contributed by atoms with Crippen molar-refractivity contribution in [2.75, 3.05) is 0 Å². The molecule has 1 aromatic heterocycles. The largest absolute Gasteiger partial charge is 0.310 e. The summed E-state index contributed by atoms with van der Waals surface area (Å²) in [5, 5.41) is 4.95. The molecule has 0 aliphatic carbocycles. The number of unbranched alkanes of at least 4 members (excludes halogenated alkanes) is 1. The third kappa shape index (κ3) is 4.31. The molecule has 1 N–H and O–H groups in total. The lowest BCUT2D eigenvalue weighted by Gasteiger charge is -2.18. The van der Waals surface area contributed by atoms with Gasteiger partial charge in [-0.2, -0.15) is 0 Å². The average Bonchev–Trinajstić information content (AvgIpc) is 2.50. The second-order valence-electron chi connectivity index (χ2n) is 5.54. The van der Waals surface area contributed by atoms with Gasteiger partial charge in [0.1, 0.15) is 0 Å². The Balaban J connectivity index is 1.96.